The number of piperazine rings is 1. The number of hydrogen-bond donors (Lipinski definition) is 4. The van der Waals surface area contributed by atoms with Crippen LogP contribution >= 0.6 is 34.5 Å². The summed E-state index contributed by atoms with van der Waals surface area (Å²) in [6.07, 6.45) is 12.3. The van der Waals surface area contributed by atoms with E-state index in [1.54, 1.807) is 29.3 Å². The van der Waals surface area contributed by atoms with Crippen molar-refractivity contribution in [3.63, 3.8) is 0 Å². The predicted molar refractivity (Wildman–Crippen MR) is 191 cm³/mol. The summed E-state index contributed by atoms with van der Waals surface area (Å²) in [6.45, 7) is 4.70. The number of allylic oxidation sites excluding steroid dienone is 1. The van der Waals surface area contributed by atoms with Crippen molar-refractivity contribution >= 4 is 52.4 Å². The van der Waals surface area contributed by atoms with E-state index in [4.69, 9.17) is 23.2 Å². The minimum atomic E-state index is -1.34. The number of thiazole rings is 1. The molecular formula is C36H45Cl2N5O5S. The number of aliphatic carboxylic acids is 2. The van der Waals surface area contributed by atoms with Gasteiger partial charge >= 0.3 is 11.9 Å². The number of carboxylic acid groups (broad SMARTS) is 2. The Morgan fingerprint density at radius 2 is 1.59 bits per heavy atom. The molecule has 1 unspecified atom stereocenters. The van der Waals surface area contributed by atoms with Crippen molar-refractivity contribution in [1.82, 2.24) is 25.4 Å². The fourth-order valence-corrected chi connectivity index (χ4v) is 9.47. The first-order chi connectivity index (χ1) is 23.6. The first-order valence-corrected chi connectivity index (χ1v) is 19.0. The van der Waals surface area contributed by atoms with E-state index in [1.165, 1.54) is 62.7 Å². The van der Waals surface area contributed by atoms with Crippen molar-refractivity contribution in [2.24, 2.45) is 5.41 Å². The van der Waals surface area contributed by atoms with Crippen LogP contribution in [0.25, 0.3) is 0 Å². The van der Waals surface area contributed by atoms with E-state index < -0.39 is 17.9 Å². The minimum absolute atomic E-state index is 0.149. The lowest BCUT2D eigenvalue weighted by molar-refractivity contribution is -0.133. The third kappa shape index (κ3) is 8.34. The smallest absolute Gasteiger partial charge is 0.334 e. The zero-order chi connectivity index (χ0) is 34.5. The van der Waals surface area contributed by atoms with Crippen LogP contribution in [0.5, 0.6) is 0 Å². The van der Waals surface area contributed by atoms with Gasteiger partial charge in [-0.1, -0.05) is 55.0 Å². The molecule has 1 amide bonds. The number of amides is 1. The molecule has 0 spiro atoms. The Kier molecular flexibility index (Phi) is 11.7. The highest BCUT2D eigenvalue weighted by atomic mass is 35.5. The largest absolute Gasteiger partial charge is 0.478 e. The van der Waals surface area contributed by atoms with Gasteiger partial charge in [0.25, 0.3) is 0 Å². The van der Waals surface area contributed by atoms with Crippen molar-refractivity contribution in [2.75, 3.05) is 39.3 Å². The summed E-state index contributed by atoms with van der Waals surface area (Å²) in [7, 11) is 0. The highest BCUT2D eigenvalue weighted by Gasteiger charge is 2.42. The van der Waals surface area contributed by atoms with Crippen molar-refractivity contribution in [3.05, 3.63) is 72.9 Å². The second-order valence-corrected chi connectivity index (χ2v) is 15.7. The Morgan fingerprint density at radius 1 is 0.939 bits per heavy atom. The van der Waals surface area contributed by atoms with Crippen molar-refractivity contribution in [3.8, 4) is 0 Å². The average Bonchev–Trinajstić information content (AvgIpc) is 3.87. The van der Waals surface area contributed by atoms with Crippen LogP contribution in [-0.4, -0.2) is 88.2 Å². The topological polar surface area (TPSA) is 135 Å². The SMILES string of the molecule is O=C(O)C1=C(CCc2nccs2)NC(CC(=O)N2CCN(CC3(CNC4CCCC4)CCCC3)CC2)=C(C(=O)O)C1c1c(Cl)cccc1Cl. The van der Waals surface area contributed by atoms with Crippen molar-refractivity contribution < 1.29 is 24.6 Å². The summed E-state index contributed by atoms with van der Waals surface area (Å²) < 4.78 is 0. The lowest BCUT2D eigenvalue weighted by atomic mass is 9.79. The number of aryl methyl sites for hydroxylation is 1. The Labute approximate surface area is 301 Å². The van der Waals surface area contributed by atoms with Gasteiger partial charge in [0, 0.05) is 90.3 Å². The standard InChI is InChI=1S/C36H45Cl2N5O5S/c37-24-8-5-9-25(38)30(24)33-31(34(45)46)26(10-11-28-39-14-19-49-28)41-27(32(33)35(47)48)20-29(44)43-17-15-42(16-18-43)22-36(12-3-4-13-36)21-40-23-6-1-2-7-23/h5,8-9,14,19,23,33,40-41H,1-4,6-7,10-13,15-18,20-22H2,(H,45,46)(H,47,48). The number of hydrogen-bond acceptors (Lipinski definition) is 8. The number of benzene rings is 1. The fraction of sp³-hybridized carbons (Fsp3) is 0.556. The molecule has 2 saturated carbocycles. The molecule has 1 atom stereocenters. The van der Waals surface area contributed by atoms with Crippen molar-refractivity contribution in [2.45, 2.75) is 82.6 Å². The summed E-state index contributed by atoms with van der Waals surface area (Å²) in [4.78, 5) is 48.3. The molecule has 49 heavy (non-hydrogen) atoms. The average molecular weight is 731 g/mol. The number of carbonyl (C=O) groups is 3. The molecule has 2 aliphatic carbocycles. The molecule has 0 bridgehead atoms. The molecule has 10 nitrogen and oxygen atoms in total. The third-order valence-electron chi connectivity index (χ3n) is 10.7. The molecule has 1 aromatic carbocycles. The van der Waals surface area contributed by atoms with Gasteiger partial charge in [-0.25, -0.2) is 14.6 Å². The Morgan fingerprint density at radius 3 is 2.20 bits per heavy atom. The molecular weight excluding hydrogens is 685 g/mol. The number of carboxylic acids is 2. The zero-order valence-electron chi connectivity index (χ0n) is 27.7. The van der Waals surface area contributed by atoms with Crippen LogP contribution in [0.1, 0.15) is 80.7 Å². The number of carbonyl (C=O) groups excluding carboxylic acids is 1. The lowest BCUT2D eigenvalue weighted by Crippen LogP contribution is -2.53. The predicted octanol–water partition coefficient (Wildman–Crippen LogP) is 6.07. The molecule has 13 heteroatoms. The minimum Gasteiger partial charge on any atom is -0.478 e. The quantitative estimate of drug-likeness (QED) is 0.194. The van der Waals surface area contributed by atoms with Crippen molar-refractivity contribution in [1.29, 1.82) is 0 Å². The van der Waals surface area contributed by atoms with Gasteiger partial charge in [-0.3, -0.25) is 9.69 Å². The number of aromatic nitrogens is 1. The first-order valence-electron chi connectivity index (χ1n) is 17.4. The van der Waals surface area contributed by atoms with E-state index in [1.807, 2.05) is 5.38 Å². The molecule has 4 aliphatic rings. The van der Waals surface area contributed by atoms with Gasteiger partial charge in [-0.2, -0.15) is 0 Å². The molecule has 2 aliphatic heterocycles. The Bertz CT molecular complexity index is 1570. The van der Waals surface area contributed by atoms with Crippen LogP contribution < -0.4 is 10.6 Å². The van der Waals surface area contributed by atoms with Crippen LogP contribution in [0.15, 0.2) is 52.3 Å². The molecule has 2 aromatic rings. The second kappa shape index (κ2) is 15.9. The summed E-state index contributed by atoms with van der Waals surface area (Å²) in [5.41, 5.74) is 0.542. The highest BCUT2D eigenvalue weighted by Crippen LogP contribution is 2.45. The van der Waals surface area contributed by atoms with E-state index in [-0.39, 0.29) is 56.6 Å². The van der Waals surface area contributed by atoms with Gasteiger partial charge in [0.15, 0.2) is 0 Å². The number of nitrogens with one attached hydrogen (secondary N) is 2. The van der Waals surface area contributed by atoms with Gasteiger partial charge in [0.2, 0.25) is 5.91 Å². The van der Waals surface area contributed by atoms with Gasteiger partial charge in [0.1, 0.15) is 0 Å². The Balaban J connectivity index is 1.20. The molecule has 3 fully saturated rings. The Hall–Kier alpha value is -2.96. The van der Waals surface area contributed by atoms with E-state index in [0.717, 1.165) is 31.2 Å². The van der Waals surface area contributed by atoms with Crippen LogP contribution in [0.3, 0.4) is 0 Å². The number of dihydropyridines is 1. The highest BCUT2D eigenvalue weighted by molar-refractivity contribution is 7.09. The van der Waals surface area contributed by atoms with Crippen LogP contribution in [-0.2, 0) is 20.8 Å². The summed E-state index contributed by atoms with van der Waals surface area (Å²) in [6, 6.07) is 5.39. The summed E-state index contributed by atoms with van der Waals surface area (Å²) in [5.74, 6) is -4.13. The molecule has 0 radical (unpaired) electrons. The van der Waals surface area contributed by atoms with E-state index in [0.29, 0.717) is 31.2 Å². The van der Waals surface area contributed by atoms with Crippen LogP contribution in [0.2, 0.25) is 10.0 Å². The number of rotatable bonds is 13. The van der Waals surface area contributed by atoms with Gasteiger partial charge in [-0.15, -0.1) is 11.3 Å². The zero-order valence-corrected chi connectivity index (χ0v) is 30.0. The maximum atomic E-state index is 13.9. The molecule has 1 saturated heterocycles. The normalized spacial score (nSPS) is 21.8. The van der Waals surface area contributed by atoms with Gasteiger partial charge in [-0.05, 0) is 49.7 Å². The summed E-state index contributed by atoms with van der Waals surface area (Å²) in [5, 5.41) is 31.0. The fourth-order valence-electron chi connectivity index (χ4n) is 8.23. The molecule has 1 aromatic heterocycles. The first kappa shape index (κ1) is 35.9. The maximum Gasteiger partial charge on any atom is 0.334 e. The van der Waals surface area contributed by atoms with Crippen LogP contribution in [0.4, 0.5) is 0 Å². The summed E-state index contributed by atoms with van der Waals surface area (Å²) >= 11 is 14.6. The van der Waals surface area contributed by atoms with E-state index in [2.05, 4.69) is 20.5 Å². The van der Waals surface area contributed by atoms with Gasteiger partial charge < -0.3 is 25.7 Å². The van der Waals surface area contributed by atoms with E-state index in [9.17, 15) is 24.6 Å². The maximum absolute atomic E-state index is 13.9. The van der Waals surface area contributed by atoms with Crippen LogP contribution in [0, 0.1) is 5.41 Å². The molecule has 4 N–H and O–H groups in total. The van der Waals surface area contributed by atoms with Gasteiger partial charge in [0.05, 0.1) is 28.5 Å². The number of halogens is 2. The molecule has 6 rings (SSSR count). The lowest BCUT2D eigenvalue weighted by Gasteiger charge is -2.41. The monoisotopic (exact) mass is 729 g/mol. The molecule has 3 heterocycles. The number of nitrogens with zero attached hydrogens (tertiary/aromatic N) is 3. The molecule has 264 valence electrons. The van der Waals surface area contributed by atoms with E-state index >= 15 is 0 Å². The second-order valence-electron chi connectivity index (χ2n) is 13.9. The third-order valence-corrected chi connectivity index (χ3v) is 12.2.